The monoisotopic (exact) mass is 356 g/mol. The van der Waals surface area contributed by atoms with Gasteiger partial charge in [0.25, 0.3) is 0 Å². The van der Waals surface area contributed by atoms with Crippen molar-refractivity contribution in [3.63, 3.8) is 0 Å². The fourth-order valence-electron chi connectivity index (χ4n) is 7.98. The lowest BCUT2D eigenvalue weighted by molar-refractivity contribution is -0.140. The molecule has 0 aliphatic heterocycles. The molecule has 4 aliphatic rings. The highest BCUT2D eigenvalue weighted by Crippen LogP contribution is 2.67. The lowest BCUT2D eigenvalue weighted by atomic mass is 9.45. The van der Waals surface area contributed by atoms with E-state index >= 15 is 0 Å². The highest BCUT2D eigenvalue weighted by Gasteiger charge is 2.64. The largest absolute Gasteiger partial charge is 0.393 e. The van der Waals surface area contributed by atoms with Crippen molar-refractivity contribution in [2.45, 2.75) is 60.0 Å². The number of hydrogen-bond acceptors (Lipinski definition) is 3. The third-order valence-electron chi connectivity index (χ3n) is 8.59. The maximum Gasteiger partial charge on any atom is 0.178 e. The summed E-state index contributed by atoms with van der Waals surface area (Å²) in [6.07, 6.45) is 7.94. The van der Waals surface area contributed by atoms with Crippen LogP contribution in [0.3, 0.4) is 0 Å². The van der Waals surface area contributed by atoms with E-state index in [0.717, 1.165) is 12.8 Å². The first-order valence-corrected chi connectivity index (χ1v) is 10.2. The number of aliphatic hydroxyl groups excluding tert-OH is 1. The van der Waals surface area contributed by atoms with Gasteiger partial charge in [-0.1, -0.05) is 39.3 Å². The van der Waals surface area contributed by atoms with Crippen LogP contribution in [-0.2, 0) is 9.59 Å². The van der Waals surface area contributed by atoms with E-state index < -0.39 is 6.10 Å². The van der Waals surface area contributed by atoms with E-state index in [4.69, 9.17) is 0 Å². The van der Waals surface area contributed by atoms with Gasteiger partial charge in [0.1, 0.15) is 5.78 Å². The van der Waals surface area contributed by atoms with Gasteiger partial charge in [0.05, 0.1) is 6.10 Å². The molecule has 4 aliphatic carbocycles. The van der Waals surface area contributed by atoms with Crippen LogP contribution in [0.2, 0.25) is 0 Å². The molecule has 0 spiro atoms. The first kappa shape index (κ1) is 18.2. The molecular weight excluding hydrogens is 324 g/mol. The first-order valence-electron chi connectivity index (χ1n) is 10.2. The fourth-order valence-corrected chi connectivity index (χ4v) is 7.98. The molecule has 9 atom stereocenters. The standard InChI is InChI=1S/C23H32O3/c1-12-8-16-18-9-13(2)20(14(3)24)23(18,5)11-19(26)21(16)22(4)7-6-15(25)10-17(12)22/h6-7,10,12-13,16,18-21,26H,8-9,11H2,1-5H3/t12-,13+,16-,18-,19+,20+,21+,22-,23-/m0/s1. The summed E-state index contributed by atoms with van der Waals surface area (Å²) in [4.78, 5) is 24.4. The molecule has 26 heavy (non-hydrogen) atoms. The number of fused-ring (bicyclic) bond motifs is 5. The Morgan fingerprint density at radius 3 is 2.58 bits per heavy atom. The molecular formula is C23H32O3. The molecule has 0 amide bonds. The maximum absolute atomic E-state index is 12.4. The van der Waals surface area contributed by atoms with Crippen LogP contribution < -0.4 is 0 Å². The van der Waals surface area contributed by atoms with Crippen LogP contribution in [0.25, 0.3) is 0 Å². The summed E-state index contributed by atoms with van der Waals surface area (Å²) < 4.78 is 0. The topological polar surface area (TPSA) is 54.4 Å². The van der Waals surface area contributed by atoms with E-state index in [1.165, 1.54) is 5.57 Å². The summed E-state index contributed by atoms with van der Waals surface area (Å²) in [5.74, 6) is 2.18. The molecule has 3 fully saturated rings. The van der Waals surface area contributed by atoms with Crippen molar-refractivity contribution in [2.24, 2.45) is 46.3 Å². The van der Waals surface area contributed by atoms with Gasteiger partial charge in [-0.3, -0.25) is 9.59 Å². The molecule has 3 saturated carbocycles. The van der Waals surface area contributed by atoms with Crippen LogP contribution in [0.5, 0.6) is 0 Å². The minimum atomic E-state index is -0.424. The van der Waals surface area contributed by atoms with Gasteiger partial charge >= 0.3 is 0 Å². The van der Waals surface area contributed by atoms with E-state index in [2.05, 4.69) is 33.8 Å². The normalized spacial score (nSPS) is 52.8. The van der Waals surface area contributed by atoms with Gasteiger partial charge in [0.15, 0.2) is 5.78 Å². The van der Waals surface area contributed by atoms with Gasteiger partial charge in [-0.2, -0.15) is 0 Å². The number of allylic oxidation sites excluding steroid dienone is 4. The molecule has 0 aromatic rings. The summed E-state index contributed by atoms with van der Waals surface area (Å²) in [5.41, 5.74) is 0.856. The Balaban J connectivity index is 1.79. The predicted molar refractivity (Wildman–Crippen MR) is 101 cm³/mol. The number of hydrogen-bond donors (Lipinski definition) is 1. The van der Waals surface area contributed by atoms with Crippen LogP contribution in [0.4, 0.5) is 0 Å². The molecule has 0 saturated heterocycles. The number of carbonyl (C=O) groups is 2. The summed E-state index contributed by atoms with van der Waals surface area (Å²) in [5, 5.41) is 11.3. The Kier molecular flexibility index (Phi) is 3.94. The van der Waals surface area contributed by atoms with E-state index in [-0.39, 0.29) is 34.2 Å². The van der Waals surface area contributed by atoms with Crippen molar-refractivity contribution in [3.8, 4) is 0 Å². The van der Waals surface area contributed by atoms with Crippen LogP contribution >= 0.6 is 0 Å². The number of aliphatic hydroxyl groups is 1. The Labute approximate surface area is 156 Å². The van der Waals surface area contributed by atoms with Crippen molar-refractivity contribution in [3.05, 3.63) is 23.8 Å². The lowest BCUT2D eigenvalue weighted by Gasteiger charge is -2.60. The van der Waals surface area contributed by atoms with Crippen LogP contribution in [0, 0.1) is 46.3 Å². The minimum absolute atomic E-state index is 0.0617. The molecule has 3 heteroatoms. The average Bonchev–Trinajstić information content (AvgIpc) is 2.79. The van der Waals surface area contributed by atoms with Crippen LogP contribution in [-0.4, -0.2) is 22.8 Å². The van der Waals surface area contributed by atoms with Gasteiger partial charge in [-0.15, -0.1) is 0 Å². The Morgan fingerprint density at radius 1 is 1.23 bits per heavy atom. The van der Waals surface area contributed by atoms with Gasteiger partial charge in [-0.25, -0.2) is 0 Å². The summed E-state index contributed by atoms with van der Waals surface area (Å²) in [6.45, 7) is 10.6. The van der Waals surface area contributed by atoms with Crippen LogP contribution in [0.15, 0.2) is 23.8 Å². The first-order chi connectivity index (χ1) is 12.1. The number of carbonyl (C=O) groups excluding carboxylic acids is 2. The third kappa shape index (κ3) is 2.22. The zero-order valence-corrected chi connectivity index (χ0v) is 16.7. The number of rotatable bonds is 1. The van der Waals surface area contributed by atoms with Gasteiger partial charge in [-0.05, 0) is 67.4 Å². The van der Waals surface area contributed by atoms with E-state index in [9.17, 15) is 14.7 Å². The molecule has 0 aromatic heterocycles. The molecule has 0 radical (unpaired) electrons. The van der Waals surface area contributed by atoms with Crippen molar-refractivity contribution in [1.82, 2.24) is 0 Å². The van der Waals surface area contributed by atoms with Gasteiger partial charge in [0.2, 0.25) is 0 Å². The molecule has 142 valence electrons. The van der Waals surface area contributed by atoms with Gasteiger partial charge in [0, 0.05) is 17.3 Å². The average molecular weight is 357 g/mol. The molecule has 0 heterocycles. The zero-order valence-electron chi connectivity index (χ0n) is 16.7. The number of ketones is 2. The Bertz CT molecular complexity index is 719. The molecule has 0 unspecified atom stereocenters. The van der Waals surface area contributed by atoms with E-state index in [0.29, 0.717) is 30.1 Å². The smallest absolute Gasteiger partial charge is 0.178 e. The molecule has 0 aromatic carbocycles. The van der Waals surface area contributed by atoms with Crippen molar-refractivity contribution in [2.75, 3.05) is 0 Å². The third-order valence-corrected chi connectivity index (χ3v) is 8.59. The SMILES string of the molecule is CC(=O)[C@H]1[C@H](C)C[C@H]2[C@@H]3C[C@H](C)C4=CC(=O)C=C[C@]4(C)[C@H]3[C@H](O)C[C@@]21C. The van der Waals surface area contributed by atoms with Crippen LogP contribution in [0.1, 0.15) is 53.9 Å². The maximum atomic E-state index is 12.4. The summed E-state index contributed by atoms with van der Waals surface area (Å²) in [6, 6.07) is 0. The second kappa shape index (κ2) is 5.64. The molecule has 3 nitrogen and oxygen atoms in total. The predicted octanol–water partition coefficient (Wildman–Crippen LogP) is 3.96. The van der Waals surface area contributed by atoms with Crippen molar-refractivity contribution < 1.29 is 14.7 Å². The van der Waals surface area contributed by atoms with E-state index in [1.54, 1.807) is 13.0 Å². The molecule has 1 N–H and O–H groups in total. The zero-order chi connectivity index (χ0) is 19.0. The van der Waals surface area contributed by atoms with E-state index in [1.807, 2.05) is 6.08 Å². The second-order valence-corrected chi connectivity index (χ2v) is 10.1. The Morgan fingerprint density at radius 2 is 1.92 bits per heavy atom. The minimum Gasteiger partial charge on any atom is -0.393 e. The van der Waals surface area contributed by atoms with Crippen molar-refractivity contribution >= 4 is 11.6 Å². The molecule has 0 bridgehead atoms. The lowest BCUT2D eigenvalue weighted by Crippen LogP contribution is -2.57. The highest BCUT2D eigenvalue weighted by molar-refractivity contribution is 6.01. The molecule has 4 rings (SSSR count). The van der Waals surface area contributed by atoms with Crippen molar-refractivity contribution in [1.29, 1.82) is 0 Å². The fraction of sp³-hybridized carbons (Fsp3) is 0.739. The highest BCUT2D eigenvalue weighted by atomic mass is 16.3. The Hall–Kier alpha value is -1.22. The summed E-state index contributed by atoms with van der Waals surface area (Å²) >= 11 is 0. The second-order valence-electron chi connectivity index (χ2n) is 10.1. The quantitative estimate of drug-likeness (QED) is 0.774. The number of Topliss-reactive ketones (excluding diaryl/α,β-unsaturated/α-hetero) is 1. The summed E-state index contributed by atoms with van der Waals surface area (Å²) in [7, 11) is 0. The van der Waals surface area contributed by atoms with Gasteiger partial charge < -0.3 is 5.11 Å².